The fraction of sp³-hybridized carbons (Fsp3) is 0.0625. The number of nitrogens with zero attached hydrogens (tertiary/aromatic N) is 2. The van der Waals surface area contributed by atoms with Crippen LogP contribution < -0.4 is 4.74 Å². The van der Waals surface area contributed by atoms with E-state index in [2.05, 4.69) is 5.10 Å². The predicted molar refractivity (Wildman–Crippen MR) is 84.2 cm³/mol. The Kier molecular flexibility index (Phi) is 3.75. The lowest BCUT2D eigenvalue weighted by molar-refractivity contribution is 0.0660. The molecule has 0 radical (unpaired) electrons. The van der Waals surface area contributed by atoms with E-state index < -0.39 is 11.8 Å². The lowest BCUT2D eigenvalue weighted by atomic mass is 10.1. The van der Waals surface area contributed by atoms with Gasteiger partial charge < -0.3 is 9.84 Å². The second-order valence-electron chi connectivity index (χ2n) is 4.77. The molecule has 7 heteroatoms. The van der Waals surface area contributed by atoms with Gasteiger partial charge in [-0.15, -0.1) is 0 Å². The first-order chi connectivity index (χ1) is 11.0. The molecular weight excluding hydrogens is 320 g/mol. The van der Waals surface area contributed by atoms with E-state index in [1.807, 2.05) is 0 Å². The monoisotopic (exact) mass is 330 g/mol. The molecule has 1 aliphatic rings. The summed E-state index contributed by atoms with van der Waals surface area (Å²) in [6.07, 6.45) is 1.30. The van der Waals surface area contributed by atoms with E-state index in [1.165, 1.54) is 25.5 Å². The van der Waals surface area contributed by atoms with E-state index in [1.54, 1.807) is 24.3 Å². The summed E-state index contributed by atoms with van der Waals surface area (Å²) in [5.74, 6) is -0.995. The zero-order chi connectivity index (χ0) is 16.6. The summed E-state index contributed by atoms with van der Waals surface area (Å²) in [5, 5.41) is 14.5. The molecule has 6 nitrogen and oxygen atoms in total. The van der Waals surface area contributed by atoms with Crippen LogP contribution in [0, 0.1) is 0 Å². The number of phenols is 1. The van der Waals surface area contributed by atoms with Crippen molar-refractivity contribution in [3.05, 3.63) is 58.1 Å². The molecule has 2 amide bonds. The summed E-state index contributed by atoms with van der Waals surface area (Å²) < 4.78 is 4.99. The summed E-state index contributed by atoms with van der Waals surface area (Å²) in [6.45, 7) is 0. The molecule has 23 heavy (non-hydrogen) atoms. The second-order valence-corrected chi connectivity index (χ2v) is 5.17. The molecule has 0 saturated heterocycles. The molecule has 1 aliphatic heterocycles. The molecule has 116 valence electrons. The van der Waals surface area contributed by atoms with Crippen molar-refractivity contribution in [1.82, 2.24) is 5.01 Å². The largest absolute Gasteiger partial charge is 0.503 e. The summed E-state index contributed by atoms with van der Waals surface area (Å²) in [7, 11) is 1.39. The highest BCUT2D eigenvalue weighted by atomic mass is 35.5. The Morgan fingerprint density at radius 1 is 1.17 bits per heavy atom. The van der Waals surface area contributed by atoms with Crippen molar-refractivity contribution in [2.24, 2.45) is 5.10 Å². The summed E-state index contributed by atoms with van der Waals surface area (Å²) in [5.41, 5.74) is 1.10. The predicted octanol–water partition coefficient (Wildman–Crippen LogP) is 2.68. The fourth-order valence-electron chi connectivity index (χ4n) is 2.23. The van der Waals surface area contributed by atoms with Gasteiger partial charge in [-0.3, -0.25) is 9.59 Å². The Balaban J connectivity index is 1.92. The molecule has 3 rings (SSSR count). The van der Waals surface area contributed by atoms with Crippen LogP contribution in [0.3, 0.4) is 0 Å². The molecule has 0 atom stereocenters. The van der Waals surface area contributed by atoms with E-state index in [0.717, 1.165) is 5.01 Å². The molecule has 0 unspecified atom stereocenters. The van der Waals surface area contributed by atoms with Gasteiger partial charge in [-0.2, -0.15) is 10.1 Å². The number of imide groups is 1. The van der Waals surface area contributed by atoms with Crippen LogP contribution >= 0.6 is 11.6 Å². The molecule has 1 N–H and O–H groups in total. The van der Waals surface area contributed by atoms with Gasteiger partial charge in [-0.05, 0) is 29.8 Å². The van der Waals surface area contributed by atoms with Crippen LogP contribution in [0.5, 0.6) is 11.5 Å². The van der Waals surface area contributed by atoms with Crippen LogP contribution in [-0.4, -0.2) is 35.3 Å². The third-order valence-corrected chi connectivity index (χ3v) is 3.65. The molecule has 1 heterocycles. The number of phenolic OH excluding ortho intramolecular Hbond substituents is 1. The fourth-order valence-corrected chi connectivity index (χ4v) is 2.45. The highest BCUT2D eigenvalue weighted by Crippen LogP contribution is 2.34. The van der Waals surface area contributed by atoms with Crippen LogP contribution in [0.1, 0.15) is 26.3 Å². The number of benzene rings is 2. The number of halogens is 1. The van der Waals surface area contributed by atoms with Gasteiger partial charge >= 0.3 is 0 Å². The van der Waals surface area contributed by atoms with Crippen LogP contribution in [-0.2, 0) is 0 Å². The number of hydrogen-bond acceptors (Lipinski definition) is 5. The van der Waals surface area contributed by atoms with E-state index >= 15 is 0 Å². The number of carbonyl (C=O) groups is 2. The van der Waals surface area contributed by atoms with Gasteiger partial charge in [0.1, 0.15) is 0 Å². The van der Waals surface area contributed by atoms with Gasteiger partial charge in [0.05, 0.1) is 29.5 Å². The van der Waals surface area contributed by atoms with Gasteiger partial charge in [-0.1, -0.05) is 23.7 Å². The van der Waals surface area contributed by atoms with Gasteiger partial charge in [0.2, 0.25) is 0 Å². The molecule has 0 spiro atoms. The first-order valence-electron chi connectivity index (χ1n) is 6.61. The minimum atomic E-state index is -0.487. The standard InChI is InChI=1S/C16H11ClN2O4/c1-23-13-7-9(6-12(17)14(13)20)8-18-19-15(21)10-4-2-3-5-11(10)16(19)22/h2-8,20H,1H3/b18-8+. The number of methoxy groups -OCH3 is 1. The lowest BCUT2D eigenvalue weighted by Gasteiger charge is -2.08. The Labute approximate surface area is 136 Å². The molecular formula is C16H11ClN2O4. The van der Waals surface area contributed by atoms with Crippen molar-refractivity contribution in [2.45, 2.75) is 0 Å². The third kappa shape index (κ3) is 2.53. The summed E-state index contributed by atoms with van der Waals surface area (Å²) in [4.78, 5) is 24.3. The zero-order valence-corrected chi connectivity index (χ0v) is 12.7. The smallest absolute Gasteiger partial charge is 0.282 e. The van der Waals surface area contributed by atoms with Crippen LogP contribution in [0.4, 0.5) is 0 Å². The van der Waals surface area contributed by atoms with Crippen LogP contribution in [0.2, 0.25) is 5.02 Å². The first kappa shape index (κ1) is 15.1. The molecule has 0 fully saturated rings. The van der Waals surface area contributed by atoms with Crippen molar-refractivity contribution >= 4 is 29.6 Å². The molecule has 2 aromatic rings. The van der Waals surface area contributed by atoms with E-state index in [4.69, 9.17) is 16.3 Å². The average Bonchev–Trinajstić information content (AvgIpc) is 2.80. The van der Waals surface area contributed by atoms with Crippen molar-refractivity contribution in [3.63, 3.8) is 0 Å². The number of rotatable bonds is 3. The SMILES string of the molecule is COc1cc(/C=N/N2C(=O)c3ccccc3C2=O)cc(Cl)c1O. The van der Waals surface area contributed by atoms with Crippen molar-refractivity contribution in [2.75, 3.05) is 7.11 Å². The zero-order valence-electron chi connectivity index (χ0n) is 12.0. The Morgan fingerprint density at radius 2 is 1.78 bits per heavy atom. The average molecular weight is 331 g/mol. The van der Waals surface area contributed by atoms with Crippen molar-refractivity contribution < 1.29 is 19.4 Å². The second kappa shape index (κ2) is 5.73. The van der Waals surface area contributed by atoms with Gasteiger partial charge in [0.25, 0.3) is 11.8 Å². The maximum atomic E-state index is 12.2. The first-order valence-corrected chi connectivity index (χ1v) is 6.99. The minimum Gasteiger partial charge on any atom is -0.503 e. The Bertz CT molecular complexity index is 813. The number of hydrogen-bond donors (Lipinski definition) is 1. The minimum absolute atomic E-state index is 0.0770. The van der Waals surface area contributed by atoms with Crippen LogP contribution in [0.25, 0.3) is 0 Å². The summed E-state index contributed by atoms with van der Waals surface area (Å²) in [6, 6.07) is 9.45. The quantitative estimate of drug-likeness (QED) is 0.693. The molecule has 0 bridgehead atoms. The van der Waals surface area contributed by atoms with Gasteiger partial charge in [0.15, 0.2) is 11.5 Å². The summed E-state index contributed by atoms with van der Waals surface area (Å²) >= 11 is 5.88. The van der Waals surface area contributed by atoms with E-state index in [9.17, 15) is 14.7 Å². The normalized spacial score (nSPS) is 13.7. The van der Waals surface area contributed by atoms with Gasteiger partial charge in [0, 0.05) is 0 Å². The highest BCUT2D eigenvalue weighted by Gasteiger charge is 2.35. The lowest BCUT2D eigenvalue weighted by Crippen LogP contribution is -2.23. The number of hydrazone groups is 1. The maximum absolute atomic E-state index is 12.2. The van der Waals surface area contributed by atoms with Gasteiger partial charge in [-0.25, -0.2) is 0 Å². The third-order valence-electron chi connectivity index (χ3n) is 3.37. The maximum Gasteiger partial charge on any atom is 0.282 e. The number of amides is 2. The number of ether oxygens (including phenoxy) is 1. The van der Waals surface area contributed by atoms with Crippen molar-refractivity contribution in [1.29, 1.82) is 0 Å². The highest BCUT2D eigenvalue weighted by molar-refractivity contribution is 6.32. The Morgan fingerprint density at radius 3 is 2.35 bits per heavy atom. The molecule has 0 aliphatic carbocycles. The van der Waals surface area contributed by atoms with Crippen molar-refractivity contribution in [3.8, 4) is 11.5 Å². The molecule has 2 aromatic carbocycles. The number of aromatic hydroxyl groups is 1. The Hall–Kier alpha value is -2.86. The molecule has 0 saturated carbocycles. The topological polar surface area (TPSA) is 79.2 Å². The van der Waals surface area contributed by atoms with E-state index in [-0.39, 0.29) is 16.5 Å². The molecule has 0 aromatic heterocycles. The van der Waals surface area contributed by atoms with Crippen LogP contribution in [0.15, 0.2) is 41.5 Å². The number of carbonyl (C=O) groups excluding carboxylic acids is 2. The van der Waals surface area contributed by atoms with E-state index in [0.29, 0.717) is 16.7 Å². The number of fused-ring (bicyclic) bond motifs is 1.